The molecule has 1 N–H and O–H groups in total. The molecule has 0 fully saturated rings. The summed E-state index contributed by atoms with van der Waals surface area (Å²) < 4.78 is 27.0. The van der Waals surface area contributed by atoms with Gasteiger partial charge in [0.1, 0.15) is 0 Å². The lowest BCUT2D eigenvalue weighted by molar-refractivity contribution is 0.0949. The van der Waals surface area contributed by atoms with Gasteiger partial charge in [-0.2, -0.15) is 0 Å². The molecule has 0 saturated heterocycles. The number of rotatable bonds is 6. The van der Waals surface area contributed by atoms with Crippen LogP contribution in [0.15, 0.2) is 76.5 Å². The van der Waals surface area contributed by atoms with Crippen molar-refractivity contribution < 1.29 is 18.0 Å². The number of benzene rings is 3. The summed E-state index contributed by atoms with van der Waals surface area (Å²) in [5, 5.41) is 3.39. The number of fused-ring (bicyclic) bond motifs is 2. The first-order valence-electron chi connectivity index (χ1n) is 10.7. The Hall–Kier alpha value is -3.16. The Kier molecular flexibility index (Phi) is 6.54. The summed E-state index contributed by atoms with van der Waals surface area (Å²) in [5.41, 5.74) is 1.33. The van der Waals surface area contributed by atoms with Crippen LogP contribution < -0.4 is 10.2 Å². The molecule has 170 valence electrons. The second-order valence-electron chi connectivity index (χ2n) is 7.81. The van der Waals surface area contributed by atoms with Crippen LogP contribution in [-0.2, 0) is 16.4 Å². The fourth-order valence-electron chi connectivity index (χ4n) is 3.76. The molecule has 0 atom stereocenters. The molecule has 0 saturated carbocycles. The summed E-state index contributed by atoms with van der Waals surface area (Å²) in [4.78, 5) is 27.6. The first-order chi connectivity index (χ1) is 15.8. The minimum absolute atomic E-state index is 0.0140. The van der Waals surface area contributed by atoms with Crippen LogP contribution in [0.4, 0.5) is 5.69 Å². The van der Waals surface area contributed by atoms with Crippen molar-refractivity contribution in [2.24, 2.45) is 0 Å². The van der Waals surface area contributed by atoms with Crippen LogP contribution >= 0.6 is 11.6 Å². The highest BCUT2D eigenvalue weighted by molar-refractivity contribution is 7.91. The lowest BCUT2D eigenvalue weighted by Gasteiger charge is -2.23. The summed E-state index contributed by atoms with van der Waals surface area (Å²) in [6.07, 6.45) is 1.77. The molecule has 6 nitrogen and oxygen atoms in total. The molecule has 3 aromatic rings. The van der Waals surface area contributed by atoms with Crippen LogP contribution in [0.5, 0.6) is 0 Å². The molecule has 0 radical (unpaired) electrons. The minimum atomic E-state index is -3.98. The molecule has 0 unspecified atom stereocenters. The van der Waals surface area contributed by atoms with Gasteiger partial charge in [-0.05, 0) is 54.4 Å². The molecule has 1 aliphatic heterocycles. The lowest BCUT2D eigenvalue weighted by atomic mass is 10.1. The van der Waals surface area contributed by atoms with Gasteiger partial charge in [-0.3, -0.25) is 9.59 Å². The van der Waals surface area contributed by atoms with E-state index in [0.717, 1.165) is 18.4 Å². The van der Waals surface area contributed by atoms with Gasteiger partial charge in [0.15, 0.2) is 0 Å². The van der Waals surface area contributed by atoms with Crippen LogP contribution in [0.2, 0.25) is 5.02 Å². The van der Waals surface area contributed by atoms with Gasteiger partial charge in [0.2, 0.25) is 9.84 Å². The van der Waals surface area contributed by atoms with Gasteiger partial charge in [0.25, 0.3) is 11.8 Å². The van der Waals surface area contributed by atoms with E-state index in [1.165, 1.54) is 35.2 Å². The maximum absolute atomic E-state index is 13.6. The van der Waals surface area contributed by atoms with Crippen molar-refractivity contribution in [2.75, 3.05) is 11.4 Å². The van der Waals surface area contributed by atoms with E-state index in [1.807, 2.05) is 6.92 Å². The van der Waals surface area contributed by atoms with Crippen molar-refractivity contribution in [2.45, 2.75) is 36.1 Å². The number of carbonyl (C=O) groups excluding carboxylic acids is 2. The van der Waals surface area contributed by atoms with E-state index in [4.69, 9.17) is 11.6 Å². The molecule has 2 amide bonds. The summed E-state index contributed by atoms with van der Waals surface area (Å²) >= 11 is 6.00. The lowest BCUT2D eigenvalue weighted by Crippen LogP contribution is -2.31. The third kappa shape index (κ3) is 4.51. The summed E-state index contributed by atoms with van der Waals surface area (Å²) in [7, 11) is -3.98. The Morgan fingerprint density at radius 2 is 1.73 bits per heavy atom. The van der Waals surface area contributed by atoms with E-state index in [0.29, 0.717) is 17.1 Å². The molecule has 8 heteroatoms. The van der Waals surface area contributed by atoms with E-state index >= 15 is 0 Å². The van der Waals surface area contributed by atoms with Crippen molar-refractivity contribution in [1.29, 1.82) is 0 Å². The zero-order chi connectivity index (χ0) is 23.6. The first-order valence-corrected chi connectivity index (χ1v) is 12.5. The summed E-state index contributed by atoms with van der Waals surface area (Å²) in [5.74, 6) is -0.768. The number of anilines is 1. The predicted octanol–water partition coefficient (Wildman–Crippen LogP) is 4.86. The Balaban J connectivity index is 1.86. The molecular weight excluding hydrogens is 460 g/mol. The SMILES string of the molecule is CCCCNC(=O)c1ccc2c(c1)N(Cc1ccc(Cl)cc1)C(=O)c1ccccc1S2(=O)=O. The number of hydrogen-bond acceptors (Lipinski definition) is 4. The monoisotopic (exact) mass is 482 g/mol. The molecule has 0 spiro atoms. The van der Waals surface area contributed by atoms with Crippen molar-refractivity contribution in [3.05, 3.63) is 88.4 Å². The summed E-state index contributed by atoms with van der Waals surface area (Å²) in [6.45, 7) is 2.66. The Bertz CT molecular complexity index is 1320. The van der Waals surface area contributed by atoms with Crippen LogP contribution in [0.3, 0.4) is 0 Å². The molecule has 0 bridgehead atoms. The van der Waals surface area contributed by atoms with E-state index in [1.54, 1.807) is 36.4 Å². The van der Waals surface area contributed by atoms with Crippen molar-refractivity contribution >= 4 is 38.9 Å². The van der Waals surface area contributed by atoms with E-state index in [-0.39, 0.29) is 33.5 Å². The van der Waals surface area contributed by atoms with Gasteiger partial charge in [-0.25, -0.2) is 8.42 Å². The first kappa shape index (κ1) is 23.0. The third-order valence-electron chi connectivity index (χ3n) is 5.52. The average Bonchev–Trinajstić information content (AvgIpc) is 2.88. The molecule has 0 aliphatic carbocycles. The molecular formula is C25H23ClN2O4S. The van der Waals surface area contributed by atoms with E-state index in [2.05, 4.69) is 5.32 Å². The maximum Gasteiger partial charge on any atom is 0.259 e. The number of halogens is 1. The highest BCUT2D eigenvalue weighted by Gasteiger charge is 2.36. The van der Waals surface area contributed by atoms with Gasteiger partial charge >= 0.3 is 0 Å². The number of amides is 2. The van der Waals surface area contributed by atoms with Crippen molar-refractivity contribution in [3.63, 3.8) is 0 Å². The van der Waals surface area contributed by atoms with Crippen molar-refractivity contribution in [1.82, 2.24) is 5.32 Å². The van der Waals surface area contributed by atoms with Gasteiger partial charge in [-0.15, -0.1) is 0 Å². The topological polar surface area (TPSA) is 83.6 Å². The predicted molar refractivity (Wildman–Crippen MR) is 128 cm³/mol. The number of unbranched alkanes of at least 4 members (excludes halogenated alkanes) is 1. The van der Waals surface area contributed by atoms with Crippen LogP contribution in [-0.4, -0.2) is 26.8 Å². The van der Waals surface area contributed by atoms with Gasteiger partial charge in [0, 0.05) is 17.1 Å². The molecule has 0 aromatic heterocycles. The molecule has 1 heterocycles. The van der Waals surface area contributed by atoms with Crippen LogP contribution in [0.25, 0.3) is 0 Å². The zero-order valence-electron chi connectivity index (χ0n) is 18.0. The van der Waals surface area contributed by atoms with E-state index in [9.17, 15) is 18.0 Å². The van der Waals surface area contributed by atoms with Crippen LogP contribution in [0, 0.1) is 0 Å². The maximum atomic E-state index is 13.6. The van der Waals surface area contributed by atoms with Gasteiger partial charge in [0.05, 0.1) is 27.6 Å². The second kappa shape index (κ2) is 9.37. The Morgan fingerprint density at radius 3 is 2.45 bits per heavy atom. The fourth-order valence-corrected chi connectivity index (χ4v) is 5.51. The highest BCUT2D eigenvalue weighted by atomic mass is 35.5. The van der Waals surface area contributed by atoms with Gasteiger partial charge < -0.3 is 10.2 Å². The second-order valence-corrected chi connectivity index (χ2v) is 10.1. The fraction of sp³-hybridized carbons (Fsp3) is 0.200. The largest absolute Gasteiger partial charge is 0.352 e. The molecule has 3 aromatic carbocycles. The smallest absolute Gasteiger partial charge is 0.259 e. The number of hydrogen-bond donors (Lipinski definition) is 1. The Morgan fingerprint density at radius 1 is 1.00 bits per heavy atom. The summed E-state index contributed by atoms with van der Waals surface area (Å²) in [6, 6.07) is 17.5. The Labute approximate surface area is 198 Å². The minimum Gasteiger partial charge on any atom is -0.352 e. The average molecular weight is 483 g/mol. The molecule has 4 rings (SSSR count). The molecule has 1 aliphatic rings. The van der Waals surface area contributed by atoms with Crippen molar-refractivity contribution in [3.8, 4) is 0 Å². The van der Waals surface area contributed by atoms with E-state index < -0.39 is 15.7 Å². The number of nitrogens with zero attached hydrogens (tertiary/aromatic N) is 1. The quantitative estimate of drug-likeness (QED) is 0.508. The van der Waals surface area contributed by atoms with Crippen LogP contribution in [0.1, 0.15) is 46.0 Å². The standard InChI is InChI=1S/C25H23ClN2O4S/c1-2-3-14-27-24(29)18-10-13-23-21(15-18)28(16-17-8-11-19(26)12-9-17)25(30)20-6-4-5-7-22(20)33(23,31)32/h4-13,15H,2-3,14,16H2,1H3,(H,27,29). The number of carbonyl (C=O) groups is 2. The normalized spacial score (nSPS) is 14.2. The third-order valence-corrected chi connectivity index (χ3v) is 7.63. The van der Waals surface area contributed by atoms with Gasteiger partial charge in [-0.1, -0.05) is 49.2 Å². The number of sulfone groups is 1. The zero-order valence-corrected chi connectivity index (χ0v) is 19.6. The number of nitrogens with one attached hydrogen (secondary N) is 1. The highest BCUT2D eigenvalue weighted by Crippen LogP contribution is 2.38. The molecule has 33 heavy (non-hydrogen) atoms.